The minimum absolute atomic E-state index is 0.323. The number of nitrogens with one attached hydrogen (secondary N) is 1. The maximum atomic E-state index is 9.95. The molecule has 1 aromatic carbocycles. The van der Waals surface area contributed by atoms with Crippen LogP contribution in [0, 0.1) is 5.92 Å². The zero-order valence-corrected chi connectivity index (χ0v) is 12.8. The molecule has 0 saturated heterocycles. The number of ether oxygens (including phenoxy) is 1. The lowest BCUT2D eigenvalue weighted by Gasteiger charge is -2.27. The number of anilines is 1. The third-order valence-corrected chi connectivity index (χ3v) is 4.05. The number of halogens is 1. The Balaban J connectivity index is 1.65. The van der Waals surface area contributed by atoms with Crippen LogP contribution in [-0.4, -0.2) is 30.5 Å². The van der Waals surface area contributed by atoms with Crippen LogP contribution in [0.5, 0.6) is 0 Å². The van der Waals surface area contributed by atoms with Gasteiger partial charge in [0.2, 0.25) is 0 Å². The summed E-state index contributed by atoms with van der Waals surface area (Å²) in [6.45, 7) is 3.16. The Morgan fingerprint density at radius 3 is 2.80 bits per heavy atom. The second-order valence-corrected chi connectivity index (χ2v) is 6.21. The summed E-state index contributed by atoms with van der Waals surface area (Å²) < 4.78 is 5.81. The summed E-state index contributed by atoms with van der Waals surface area (Å²) in [5.74, 6) is 0.748. The van der Waals surface area contributed by atoms with Gasteiger partial charge in [-0.1, -0.05) is 31.4 Å². The normalized spacial score (nSPS) is 24.4. The molecule has 1 fully saturated rings. The number of rotatable bonds is 6. The molecule has 0 heterocycles. The molecular weight excluding hydrogens is 274 g/mol. The highest BCUT2D eigenvalue weighted by Crippen LogP contribution is 2.25. The zero-order chi connectivity index (χ0) is 14.4. The van der Waals surface area contributed by atoms with E-state index >= 15 is 0 Å². The van der Waals surface area contributed by atoms with E-state index in [1.54, 1.807) is 0 Å². The van der Waals surface area contributed by atoms with Gasteiger partial charge >= 0.3 is 0 Å². The van der Waals surface area contributed by atoms with E-state index < -0.39 is 6.10 Å². The Morgan fingerprint density at radius 2 is 2.10 bits per heavy atom. The summed E-state index contributed by atoms with van der Waals surface area (Å²) in [6, 6.07) is 7.46. The highest BCUT2D eigenvalue weighted by molar-refractivity contribution is 6.30. The van der Waals surface area contributed by atoms with Crippen LogP contribution < -0.4 is 5.32 Å². The van der Waals surface area contributed by atoms with Crippen LogP contribution >= 0.6 is 11.6 Å². The Bertz CT molecular complexity index is 396. The molecule has 1 aliphatic rings. The summed E-state index contributed by atoms with van der Waals surface area (Å²) in [6.07, 6.45) is 4.64. The lowest BCUT2D eigenvalue weighted by molar-refractivity contribution is -0.0274. The van der Waals surface area contributed by atoms with E-state index in [2.05, 4.69) is 12.2 Å². The van der Waals surface area contributed by atoms with Crippen LogP contribution in [0.4, 0.5) is 5.69 Å². The first-order chi connectivity index (χ1) is 9.63. The van der Waals surface area contributed by atoms with Gasteiger partial charge in [-0.15, -0.1) is 0 Å². The Kier molecular flexibility index (Phi) is 6.14. The van der Waals surface area contributed by atoms with Gasteiger partial charge in [0.05, 0.1) is 18.8 Å². The average molecular weight is 298 g/mol. The third-order valence-electron chi connectivity index (χ3n) is 3.80. The van der Waals surface area contributed by atoms with Crippen LogP contribution in [-0.2, 0) is 4.74 Å². The molecule has 2 N–H and O–H groups in total. The molecule has 3 unspecified atom stereocenters. The number of hydrogen-bond donors (Lipinski definition) is 2. The SMILES string of the molecule is CC1CCCC(OCC(O)CNc2ccc(Cl)cc2)C1. The van der Waals surface area contributed by atoms with Crippen molar-refractivity contribution in [2.45, 2.75) is 44.8 Å². The molecule has 0 radical (unpaired) electrons. The van der Waals surface area contributed by atoms with Crippen molar-refractivity contribution in [1.82, 2.24) is 0 Å². The molecule has 0 aromatic heterocycles. The van der Waals surface area contributed by atoms with Crippen LogP contribution in [0.2, 0.25) is 5.02 Å². The average Bonchev–Trinajstić information content (AvgIpc) is 2.45. The molecule has 0 bridgehead atoms. The van der Waals surface area contributed by atoms with E-state index in [4.69, 9.17) is 16.3 Å². The van der Waals surface area contributed by atoms with Crippen LogP contribution in [0.25, 0.3) is 0 Å². The molecular formula is C16H24ClNO2. The lowest BCUT2D eigenvalue weighted by Crippen LogP contribution is -2.30. The Hall–Kier alpha value is -0.770. The fourth-order valence-corrected chi connectivity index (χ4v) is 2.77. The molecule has 0 amide bonds. The molecule has 1 aromatic rings. The molecule has 20 heavy (non-hydrogen) atoms. The van der Waals surface area contributed by atoms with Crippen molar-refractivity contribution in [2.75, 3.05) is 18.5 Å². The van der Waals surface area contributed by atoms with Gasteiger partial charge in [-0.25, -0.2) is 0 Å². The number of aliphatic hydroxyl groups is 1. The molecule has 4 heteroatoms. The molecule has 112 valence electrons. The quantitative estimate of drug-likeness (QED) is 0.841. The summed E-state index contributed by atoms with van der Waals surface area (Å²) in [7, 11) is 0. The standard InChI is InChI=1S/C16H24ClNO2/c1-12-3-2-4-16(9-12)20-11-15(19)10-18-14-7-5-13(17)6-8-14/h5-8,12,15-16,18-19H,2-4,9-11H2,1H3. The second kappa shape index (κ2) is 7.87. The highest BCUT2D eigenvalue weighted by Gasteiger charge is 2.20. The Labute approximate surface area is 126 Å². The molecule has 3 nitrogen and oxygen atoms in total. The van der Waals surface area contributed by atoms with Gasteiger partial charge in [0.1, 0.15) is 0 Å². The summed E-state index contributed by atoms with van der Waals surface area (Å²) in [5.41, 5.74) is 0.958. The topological polar surface area (TPSA) is 41.5 Å². The van der Waals surface area contributed by atoms with Crippen molar-refractivity contribution in [3.8, 4) is 0 Å². The van der Waals surface area contributed by atoms with Crippen molar-refractivity contribution in [3.63, 3.8) is 0 Å². The maximum Gasteiger partial charge on any atom is 0.0945 e. The highest BCUT2D eigenvalue weighted by atomic mass is 35.5. The van der Waals surface area contributed by atoms with Gasteiger partial charge in [-0.05, 0) is 43.0 Å². The number of hydrogen-bond acceptors (Lipinski definition) is 3. The van der Waals surface area contributed by atoms with Gasteiger partial charge < -0.3 is 15.2 Å². The lowest BCUT2D eigenvalue weighted by atomic mass is 9.89. The fourth-order valence-electron chi connectivity index (χ4n) is 2.64. The molecule has 0 spiro atoms. The predicted octanol–water partition coefficient (Wildman–Crippen LogP) is 3.71. The fraction of sp³-hybridized carbons (Fsp3) is 0.625. The second-order valence-electron chi connectivity index (χ2n) is 5.77. The van der Waals surface area contributed by atoms with Gasteiger partial charge in [-0.3, -0.25) is 0 Å². The van der Waals surface area contributed by atoms with E-state index in [0.29, 0.717) is 24.3 Å². The van der Waals surface area contributed by atoms with Crippen molar-refractivity contribution in [2.24, 2.45) is 5.92 Å². The summed E-state index contributed by atoms with van der Waals surface area (Å²) in [4.78, 5) is 0. The smallest absolute Gasteiger partial charge is 0.0945 e. The van der Waals surface area contributed by atoms with Gasteiger partial charge in [0.15, 0.2) is 0 Å². The van der Waals surface area contributed by atoms with E-state index in [1.807, 2.05) is 24.3 Å². The van der Waals surface area contributed by atoms with Gasteiger partial charge in [-0.2, -0.15) is 0 Å². The van der Waals surface area contributed by atoms with E-state index in [9.17, 15) is 5.11 Å². The van der Waals surface area contributed by atoms with Crippen LogP contribution in [0.1, 0.15) is 32.6 Å². The molecule has 3 atom stereocenters. The predicted molar refractivity (Wildman–Crippen MR) is 83.3 cm³/mol. The first-order valence-corrected chi connectivity index (χ1v) is 7.80. The van der Waals surface area contributed by atoms with E-state index in [0.717, 1.165) is 24.4 Å². The largest absolute Gasteiger partial charge is 0.389 e. The van der Waals surface area contributed by atoms with Crippen molar-refractivity contribution < 1.29 is 9.84 Å². The first-order valence-electron chi connectivity index (χ1n) is 7.42. The first kappa shape index (κ1) is 15.6. The zero-order valence-electron chi connectivity index (χ0n) is 12.0. The van der Waals surface area contributed by atoms with E-state index in [1.165, 1.54) is 12.8 Å². The van der Waals surface area contributed by atoms with Gasteiger partial charge in [0.25, 0.3) is 0 Å². The molecule has 1 aliphatic carbocycles. The van der Waals surface area contributed by atoms with Gasteiger partial charge in [0, 0.05) is 17.3 Å². The minimum Gasteiger partial charge on any atom is -0.389 e. The maximum absolute atomic E-state index is 9.95. The van der Waals surface area contributed by atoms with Crippen molar-refractivity contribution in [1.29, 1.82) is 0 Å². The molecule has 2 rings (SSSR count). The summed E-state index contributed by atoms with van der Waals surface area (Å²) >= 11 is 5.82. The number of aliphatic hydroxyl groups excluding tert-OH is 1. The molecule has 1 saturated carbocycles. The summed E-state index contributed by atoms with van der Waals surface area (Å²) in [5, 5.41) is 13.8. The van der Waals surface area contributed by atoms with E-state index in [-0.39, 0.29) is 0 Å². The Morgan fingerprint density at radius 1 is 1.35 bits per heavy atom. The molecule has 0 aliphatic heterocycles. The van der Waals surface area contributed by atoms with Crippen LogP contribution in [0.3, 0.4) is 0 Å². The van der Waals surface area contributed by atoms with Crippen molar-refractivity contribution in [3.05, 3.63) is 29.3 Å². The number of benzene rings is 1. The van der Waals surface area contributed by atoms with Crippen molar-refractivity contribution >= 4 is 17.3 Å². The monoisotopic (exact) mass is 297 g/mol. The van der Waals surface area contributed by atoms with Crippen LogP contribution in [0.15, 0.2) is 24.3 Å². The third kappa shape index (κ3) is 5.31. The minimum atomic E-state index is -0.483.